The smallest absolute Gasteiger partial charge is 0.323 e. The third kappa shape index (κ3) is 2.23. The zero-order valence-electron chi connectivity index (χ0n) is 11.8. The predicted octanol–water partition coefficient (Wildman–Crippen LogP) is 3.57. The molecule has 2 heterocycles. The molecular formula is C15H16F3N3. The lowest BCUT2D eigenvalue weighted by molar-refractivity contribution is -0.137. The average Bonchev–Trinajstić information content (AvgIpc) is 2.81. The number of benzene rings is 1. The number of halogens is 3. The molecule has 1 unspecified atom stereocenters. The number of hydrogen-bond donors (Lipinski definition) is 1. The third-order valence-corrected chi connectivity index (χ3v) is 3.97. The number of imidazole rings is 1. The molecule has 21 heavy (non-hydrogen) atoms. The summed E-state index contributed by atoms with van der Waals surface area (Å²) in [4.78, 5) is 4.32. The van der Waals surface area contributed by atoms with Crippen LogP contribution in [0.5, 0.6) is 0 Å². The summed E-state index contributed by atoms with van der Waals surface area (Å²) in [5.41, 5.74) is 8.56. The highest BCUT2D eigenvalue weighted by molar-refractivity contribution is 5.51. The van der Waals surface area contributed by atoms with E-state index in [2.05, 4.69) is 4.98 Å². The van der Waals surface area contributed by atoms with Crippen molar-refractivity contribution >= 4 is 0 Å². The first-order chi connectivity index (χ1) is 9.79. The summed E-state index contributed by atoms with van der Waals surface area (Å²) in [5, 5.41) is 0. The van der Waals surface area contributed by atoms with Gasteiger partial charge in [0, 0.05) is 11.7 Å². The molecule has 0 bridgehead atoms. The molecular weight excluding hydrogens is 279 g/mol. The van der Waals surface area contributed by atoms with Crippen molar-refractivity contribution in [2.75, 3.05) is 0 Å². The number of aromatic nitrogens is 2. The van der Waals surface area contributed by atoms with Crippen LogP contribution in [0.3, 0.4) is 0 Å². The second kappa shape index (κ2) is 4.59. The van der Waals surface area contributed by atoms with Crippen LogP contribution in [0.1, 0.15) is 48.3 Å². The van der Waals surface area contributed by atoms with Gasteiger partial charge in [-0.25, -0.2) is 4.98 Å². The van der Waals surface area contributed by atoms with Crippen molar-refractivity contribution < 1.29 is 13.2 Å². The molecule has 1 aromatic heterocycles. The summed E-state index contributed by atoms with van der Waals surface area (Å²) >= 11 is 0. The number of rotatable bonds is 1. The van der Waals surface area contributed by atoms with Gasteiger partial charge in [-0.05, 0) is 43.0 Å². The Morgan fingerprint density at radius 1 is 1.38 bits per heavy atom. The van der Waals surface area contributed by atoms with Gasteiger partial charge in [-0.2, -0.15) is 13.2 Å². The first-order valence-corrected chi connectivity index (χ1v) is 6.82. The van der Waals surface area contributed by atoms with Crippen LogP contribution in [0.15, 0.2) is 24.5 Å². The number of nitrogens with two attached hydrogens (primary N) is 1. The van der Waals surface area contributed by atoms with Crippen LogP contribution in [0.2, 0.25) is 0 Å². The largest absolute Gasteiger partial charge is 0.416 e. The molecule has 0 fully saturated rings. The summed E-state index contributed by atoms with van der Waals surface area (Å²) in [6, 6.07) is 3.69. The van der Waals surface area contributed by atoms with Crippen LogP contribution in [-0.4, -0.2) is 9.55 Å². The predicted molar refractivity (Wildman–Crippen MR) is 73.3 cm³/mol. The van der Waals surface area contributed by atoms with Gasteiger partial charge in [-0.1, -0.05) is 6.92 Å². The van der Waals surface area contributed by atoms with Crippen LogP contribution in [0.4, 0.5) is 13.2 Å². The molecule has 6 heteroatoms. The van der Waals surface area contributed by atoms with Crippen LogP contribution in [0.25, 0.3) is 5.69 Å². The summed E-state index contributed by atoms with van der Waals surface area (Å²) in [6.45, 7) is 3.79. The molecule has 2 N–H and O–H groups in total. The Morgan fingerprint density at radius 2 is 2.10 bits per heavy atom. The molecule has 112 valence electrons. The minimum absolute atomic E-state index is 0.00370. The van der Waals surface area contributed by atoms with Gasteiger partial charge >= 0.3 is 6.18 Å². The minimum Gasteiger partial charge on any atom is -0.323 e. The van der Waals surface area contributed by atoms with Crippen LogP contribution >= 0.6 is 0 Å². The quantitative estimate of drug-likeness (QED) is 0.874. The van der Waals surface area contributed by atoms with E-state index in [1.165, 1.54) is 12.1 Å². The molecule has 0 aliphatic carbocycles. The highest BCUT2D eigenvalue weighted by Gasteiger charge is 2.33. The molecule has 0 radical (unpaired) electrons. The van der Waals surface area contributed by atoms with Crippen molar-refractivity contribution in [1.29, 1.82) is 0 Å². The van der Waals surface area contributed by atoms with E-state index >= 15 is 0 Å². The number of nitrogens with zero attached hydrogens (tertiary/aromatic N) is 2. The molecule has 2 aromatic rings. The van der Waals surface area contributed by atoms with Crippen molar-refractivity contribution in [2.24, 2.45) is 5.73 Å². The summed E-state index contributed by atoms with van der Waals surface area (Å²) < 4.78 is 40.4. The molecule has 3 rings (SSSR count). The van der Waals surface area contributed by atoms with Crippen LogP contribution < -0.4 is 5.73 Å². The molecule has 1 aromatic carbocycles. The zero-order chi connectivity index (χ0) is 15.4. The maximum absolute atomic E-state index is 12.9. The fourth-order valence-electron chi connectivity index (χ4n) is 2.92. The van der Waals surface area contributed by atoms with E-state index in [-0.39, 0.29) is 12.0 Å². The maximum Gasteiger partial charge on any atom is 0.416 e. The zero-order valence-corrected chi connectivity index (χ0v) is 11.8. The first-order valence-electron chi connectivity index (χ1n) is 6.82. The fourth-order valence-corrected chi connectivity index (χ4v) is 2.92. The summed E-state index contributed by atoms with van der Waals surface area (Å²) in [5.74, 6) is 0.00370. The van der Waals surface area contributed by atoms with Crippen molar-refractivity contribution in [3.63, 3.8) is 0 Å². The second-order valence-corrected chi connectivity index (χ2v) is 5.61. The SMILES string of the molecule is CC1Cc2c([C@H](C)N)ncn2-c2ccc(C(F)(F)F)cc21. The minimum atomic E-state index is -4.32. The lowest BCUT2D eigenvalue weighted by atomic mass is 9.88. The highest BCUT2D eigenvalue weighted by atomic mass is 19.4. The van der Waals surface area contributed by atoms with Gasteiger partial charge < -0.3 is 10.3 Å². The lowest BCUT2D eigenvalue weighted by Crippen LogP contribution is -2.19. The fraction of sp³-hybridized carbons (Fsp3) is 0.400. The molecule has 0 amide bonds. The van der Waals surface area contributed by atoms with Crippen molar-refractivity contribution in [2.45, 2.75) is 38.4 Å². The Kier molecular flexibility index (Phi) is 3.09. The van der Waals surface area contributed by atoms with E-state index in [0.717, 1.165) is 23.1 Å². The van der Waals surface area contributed by atoms with E-state index in [4.69, 9.17) is 5.73 Å². The average molecular weight is 295 g/mol. The van der Waals surface area contributed by atoms with Crippen LogP contribution in [-0.2, 0) is 12.6 Å². The molecule has 2 atom stereocenters. The van der Waals surface area contributed by atoms with Crippen LogP contribution in [0, 0.1) is 0 Å². The van der Waals surface area contributed by atoms with Gasteiger partial charge in [-0.15, -0.1) is 0 Å². The van der Waals surface area contributed by atoms with Crippen molar-refractivity contribution in [3.8, 4) is 5.69 Å². The number of alkyl halides is 3. The van der Waals surface area contributed by atoms with Gasteiger partial charge in [0.2, 0.25) is 0 Å². The van der Waals surface area contributed by atoms with E-state index in [0.29, 0.717) is 12.0 Å². The van der Waals surface area contributed by atoms with Crippen molar-refractivity contribution in [3.05, 3.63) is 47.0 Å². The standard InChI is InChI=1S/C15H16F3N3/c1-8-5-13-14(9(2)19)20-7-21(13)12-4-3-10(6-11(8)12)15(16,17)18/h3-4,6-9H,5,19H2,1-2H3/t8?,9-/m0/s1. The monoisotopic (exact) mass is 295 g/mol. The Morgan fingerprint density at radius 3 is 2.71 bits per heavy atom. The topological polar surface area (TPSA) is 43.8 Å². The van der Waals surface area contributed by atoms with Gasteiger partial charge in [0.1, 0.15) is 0 Å². The molecule has 0 spiro atoms. The number of fused-ring (bicyclic) bond motifs is 3. The molecule has 0 saturated heterocycles. The summed E-state index contributed by atoms with van der Waals surface area (Å²) in [6.07, 6.45) is -2.03. The Bertz CT molecular complexity index is 686. The Balaban J connectivity index is 2.16. The van der Waals surface area contributed by atoms with E-state index < -0.39 is 11.7 Å². The van der Waals surface area contributed by atoms with Gasteiger partial charge in [0.15, 0.2) is 0 Å². The molecule has 1 aliphatic heterocycles. The lowest BCUT2D eigenvalue weighted by Gasteiger charge is -2.26. The Hall–Kier alpha value is -1.82. The van der Waals surface area contributed by atoms with E-state index in [1.807, 2.05) is 18.4 Å². The normalized spacial score (nSPS) is 19.0. The molecule has 3 nitrogen and oxygen atoms in total. The van der Waals surface area contributed by atoms with E-state index in [9.17, 15) is 13.2 Å². The van der Waals surface area contributed by atoms with Crippen molar-refractivity contribution in [1.82, 2.24) is 9.55 Å². The van der Waals surface area contributed by atoms with Gasteiger partial charge in [-0.3, -0.25) is 0 Å². The third-order valence-electron chi connectivity index (χ3n) is 3.97. The van der Waals surface area contributed by atoms with Gasteiger partial charge in [0.25, 0.3) is 0 Å². The first kappa shape index (κ1) is 14.1. The molecule has 1 aliphatic rings. The Labute approximate surface area is 120 Å². The second-order valence-electron chi connectivity index (χ2n) is 5.61. The number of hydrogen-bond acceptors (Lipinski definition) is 2. The van der Waals surface area contributed by atoms with Gasteiger partial charge in [0.05, 0.1) is 23.3 Å². The maximum atomic E-state index is 12.9. The van der Waals surface area contributed by atoms with E-state index in [1.54, 1.807) is 6.33 Å². The summed E-state index contributed by atoms with van der Waals surface area (Å²) in [7, 11) is 0. The highest BCUT2D eigenvalue weighted by Crippen LogP contribution is 2.38. The molecule has 0 saturated carbocycles.